The summed E-state index contributed by atoms with van der Waals surface area (Å²) in [5.41, 5.74) is 2.23. The van der Waals surface area contributed by atoms with Crippen LogP contribution in [-0.4, -0.2) is 8.42 Å². The quantitative estimate of drug-likeness (QED) is 0.643. The van der Waals surface area contributed by atoms with Crippen LogP contribution in [0.5, 0.6) is 0 Å². The summed E-state index contributed by atoms with van der Waals surface area (Å²) in [5, 5.41) is 1.18. The van der Waals surface area contributed by atoms with Gasteiger partial charge in [0.25, 0.3) is 0 Å². The van der Waals surface area contributed by atoms with Crippen molar-refractivity contribution in [1.29, 1.82) is 0 Å². The molecule has 0 unspecified atom stereocenters. The Balaban J connectivity index is 0.000000312. The second-order valence-corrected chi connectivity index (χ2v) is 7.86. The van der Waals surface area contributed by atoms with Gasteiger partial charge in [-0.1, -0.05) is 59.6 Å². The summed E-state index contributed by atoms with van der Waals surface area (Å²) in [6.07, 6.45) is 0. The Morgan fingerprint density at radius 1 is 0.737 bits per heavy atom. The summed E-state index contributed by atoms with van der Waals surface area (Å²) in [5.74, 6) is 0. The minimum atomic E-state index is -3.72. The molecule has 2 nitrogen and oxygen atoms in total. The number of halogens is 4. The summed E-state index contributed by atoms with van der Waals surface area (Å²) in [7, 11) is 4.81. The maximum Gasteiger partial charge on any atom is 0.317 e. The molecule has 0 heterocycles. The molecule has 2 aromatic carbocycles. The number of benzene rings is 2. The van der Waals surface area contributed by atoms with E-state index in [1.807, 2.05) is 48.5 Å². The van der Waals surface area contributed by atoms with E-state index in [0.717, 1.165) is 11.1 Å². The van der Waals surface area contributed by atoms with Crippen molar-refractivity contribution < 1.29 is 8.42 Å². The maximum atomic E-state index is 9.16. The largest absolute Gasteiger partial charge is 0.317 e. The van der Waals surface area contributed by atoms with Gasteiger partial charge in [-0.05, 0) is 23.3 Å². The molecular formula is C12H8Cl4O2S. The average Bonchev–Trinajstić information content (AvgIpc) is 2.32. The predicted octanol–water partition coefficient (Wildman–Crippen LogP) is 5.37. The summed E-state index contributed by atoms with van der Waals surface area (Å²) >= 11 is 11.8. The van der Waals surface area contributed by atoms with Gasteiger partial charge in [-0.25, -0.2) is 0 Å². The topological polar surface area (TPSA) is 34.1 Å². The van der Waals surface area contributed by atoms with E-state index in [1.54, 1.807) is 0 Å². The molecule has 0 bridgehead atoms. The molecule has 102 valence electrons. The molecule has 19 heavy (non-hydrogen) atoms. The molecule has 0 spiro atoms. The van der Waals surface area contributed by atoms with Crippen LogP contribution in [0.4, 0.5) is 0 Å². The third-order valence-electron chi connectivity index (χ3n) is 2.03. The van der Waals surface area contributed by atoms with Crippen LogP contribution in [0, 0.1) is 0 Å². The molecule has 0 aliphatic heterocycles. The van der Waals surface area contributed by atoms with Gasteiger partial charge in [0.05, 0.1) is 10.0 Å². The molecule has 0 N–H and O–H groups in total. The molecular weight excluding hydrogens is 350 g/mol. The molecule has 0 fully saturated rings. The van der Waals surface area contributed by atoms with Gasteiger partial charge in [0.1, 0.15) is 0 Å². The number of hydrogen-bond acceptors (Lipinski definition) is 2. The van der Waals surface area contributed by atoms with Gasteiger partial charge in [0.2, 0.25) is 0 Å². The highest BCUT2D eigenvalue weighted by atomic mass is 36.0. The Hall–Kier alpha value is -0.450. The van der Waals surface area contributed by atoms with Crippen molar-refractivity contribution >= 4 is 52.8 Å². The Labute approximate surface area is 130 Å². The van der Waals surface area contributed by atoms with E-state index in [9.17, 15) is 0 Å². The van der Waals surface area contributed by atoms with Crippen LogP contribution >= 0.6 is 44.6 Å². The lowest BCUT2D eigenvalue weighted by Gasteiger charge is -2.02. The minimum Gasteiger partial charge on any atom is -0.195 e. The standard InChI is InChI=1S/C12H8Cl2.Cl2O2S/c13-11-7-6-10(8-12(11)14)9-4-2-1-3-5-9;1-5(2,3)4/h1-8H;. The molecule has 0 amide bonds. The Morgan fingerprint density at radius 3 is 1.74 bits per heavy atom. The highest BCUT2D eigenvalue weighted by molar-refractivity contribution is 8.31. The van der Waals surface area contributed by atoms with Crippen molar-refractivity contribution in [3.8, 4) is 11.1 Å². The van der Waals surface area contributed by atoms with Crippen LogP contribution in [0.15, 0.2) is 48.5 Å². The molecule has 0 atom stereocenters. The second-order valence-electron chi connectivity index (χ2n) is 3.37. The lowest BCUT2D eigenvalue weighted by molar-refractivity contribution is 0.621. The third-order valence-corrected chi connectivity index (χ3v) is 2.77. The molecule has 0 aliphatic rings. The fraction of sp³-hybridized carbons (Fsp3) is 0. The molecule has 0 aliphatic carbocycles. The average molecular weight is 358 g/mol. The van der Waals surface area contributed by atoms with E-state index in [2.05, 4.69) is 21.4 Å². The van der Waals surface area contributed by atoms with Crippen molar-refractivity contribution in [3.63, 3.8) is 0 Å². The van der Waals surface area contributed by atoms with Crippen LogP contribution in [0.1, 0.15) is 0 Å². The van der Waals surface area contributed by atoms with Gasteiger partial charge in [0.15, 0.2) is 0 Å². The van der Waals surface area contributed by atoms with E-state index in [0.29, 0.717) is 10.0 Å². The lowest BCUT2D eigenvalue weighted by Crippen LogP contribution is -1.77. The third kappa shape index (κ3) is 7.04. The monoisotopic (exact) mass is 356 g/mol. The normalized spacial score (nSPS) is 10.5. The summed E-state index contributed by atoms with van der Waals surface area (Å²) in [6.45, 7) is 0. The Morgan fingerprint density at radius 2 is 1.26 bits per heavy atom. The van der Waals surface area contributed by atoms with Gasteiger partial charge in [-0.2, -0.15) is 8.42 Å². The highest BCUT2D eigenvalue weighted by Gasteiger charge is 2.00. The number of hydrogen-bond donors (Lipinski definition) is 0. The minimum absolute atomic E-state index is 0.589. The van der Waals surface area contributed by atoms with Crippen molar-refractivity contribution in [2.24, 2.45) is 0 Å². The van der Waals surface area contributed by atoms with Crippen LogP contribution in [0.3, 0.4) is 0 Å². The number of rotatable bonds is 1. The van der Waals surface area contributed by atoms with Crippen molar-refractivity contribution in [2.75, 3.05) is 0 Å². The van der Waals surface area contributed by atoms with Crippen LogP contribution in [0.25, 0.3) is 11.1 Å². The van der Waals surface area contributed by atoms with Crippen molar-refractivity contribution in [1.82, 2.24) is 0 Å². The van der Waals surface area contributed by atoms with Crippen LogP contribution in [0.2, 0.25) is 10.0 Å². The van der Waals surface area contributed by atoms with Gasteiger partial charge >= 0.3 is 8.26 Å². The summed E-state index contributed by atoms with van der Waals surface area (Å²) in [6, 6.07) is 15.7. The molecule has 0 saturated carbocycles. The highest BCUT2D eigenvalue weighted by Crippen LogP contribution is 2.28. The Kier molecular flexibility index (Phi) is 6.43. The van der Waals surface area contributed by atoms with E-state index in [1.165, 1.54) is 0 Å². The van der Waals surface area contributed by atoms with Gasteiger partial charge in [-0.15, -0.1) is 0 Å². The first-order chi connectivity index (χ1) is 8.77. The summed E-state index contributed by atoms with van der Waals surface area (Å²) < 4.78 is 18.3. The van der Waals surface area contributed by atoms with E-state index >= 15 is 0 Å². The molecule has 2 rings (SSSR count). The van der Waals surface area contributed by atoms with Crippen molar-refractivity contribution in [3.05, 3.63) is 58.6 Å². The predicted molar refractivity (Wildman–Crippen MR) is 82.5 cm³/mol. The van der Waals surface area contributed by atoms with Crippen LogP contribution < -0.4 is 0 Å². The zero-order chi connectivity index (χ0) is 14.5. The van der Waals surface area contributed by atoms with Gasteiger partial charge in [-0.3, -0.25) is 0 Å². The molecule has 2 aromatic rings. The van der Waals surface area contributed by atoms with Gasteiger partial charge in [0, 0.05) is 21.4 Å². The molecule has 0 saturated heterocycles. The SMILES string of the molecule is Clc1ccc(-c2ccccc2)cc1Cl.O=S(=O)(Cl)Cl. The smallest absolute Gasteiger partial charge is 0.195 e. The first-order valence-corrected chi connectivity index (χ1v) is 8.81. The Bertz CT molecular complexity index is 634. The zero-order valence-electron chi connectivity index (χ0n) is 9.36. The lowest BCUT2D eigenvalue weighted by atomic mass is 10.1. The fourth-order valence-corrected chi connectivity index (χ4v) is 1.60. The van der Waals surface area contributed by atoms with E-state index in [-0.39, 0.29) is 0 Å². The van der Waals surface area contributed by atoms with E-state index < -0.39 is 8.26 Å². The zero-order valence-corrected chi connectivity index (χ0v) is 13.2. The first-order valence-electron chi connectivity index (χ1n) is 4.92. The summed E-state index contributed by atoms with van der Waals surface area (Å²) in [4.78, 5) is 0. The fourth-order valence-electron chi connectivity index (χ4n) is 1.31. The second kappa shape index (κ2) is 7.36. The molecule has 0 radical (unpaired) electrons. The van der Waals surface area contributed by atoms with Crippen LogP contribution in [-0.2, 0) is 8.26 Å². The van der Waals surface area contributed by atoms with Gasteiger partial charge < -0.3 is 0 Å². The van der Waals surface area contributed by atoms with E-state index in [4.69, 9.17) is 31.6 Å². The van der Waals surface area contributed by atoms with Crippen molar-refractivity contribution in [2.45, 2.75) is 0 Å². The molecule has 7 heteroatoms. The molecule has 0 aromatic heterocycles. The first kappa shape index (κ1) is 16.6. The maximum absolute atomic E-state index is 9.16.